The smallest absolute Gasteiger partial charge is 0.323 e. The molecule has 25 heavy (non-hydrogen) atoms. The molecule has 0 amide bonds. The van der Waals surface area contributed by atoms with E-state index in [9.17, 15) is 22.8 Å². The average molecular weight is 383 g/mol. The summed E-state index contributed by atoms with van der Waals surface area (Å²) in [5.41, 5.74) is 2.91. The summed E-state index contributed by atoms with van der Waals surface area (Å²) in [4.78, 5) is 18.9. The lowest BCUT2D eigenvalue weighted by atomic mass is 10.0. The van der Waals surface area contributed by atoms with E-state index in [-0.39, 0.29) is 11.3 Å². The summed E-state index contributed by atoms with van der Waals surface area (Å²) in [7, 11) is -8.72. The highest BCUT2D eigenvalue weighted by Gasteiger charge is 2.44. The van der Waals surface area contributed by atoms with Crippen molar-refractivity contribution >= 4 is 17.6 Å². The minimum Gasteiger partial charge on any atom is -0.323 e. The number of sulfonamides is 1. The zero-order chi connectivity index (χ0) is 18.9. The standard InChI is InChI=1S/C17H22NO5PS/c1-4-17(3,24(19,20)21)18-25(22,23)16-10-8-14(9-11-16)15-7-5-6-13(2)12-15/h5-12,18H,4H2,1-3H3,(H2,19,20,21). The first-order valence-electron chi connectivity index (χ1n) is 7.75. The topological polar surface area (TPSA) is 104 Å². The predicted molar refractivity (Wildman–Crippen MR) is 97.7 cm³/mol. The van der Waals surface area contributed by atoms with E-state index in [1.165, 1.54) is 26.0 Å². The zero-order valence-corrected chi connectivity index (χ0v) is 16.0. The molecule has 0 saturated heterocycles. The molecule has 136 valence electrons. The van der Waals surface area contributed by atoms with Crippen molar-refractivity contribution in [3.05, 3.63) is 54.1 Å². The van der Waals surface area contributed by atoms with Crippen LogP contribution in [0, 0.1) is 6.92 Å². The van der Waals surface area contributed by atoms with Gasteiger partial charge in [-0.15, -0.1) is 0 Å². The summed E-state index contributed by atoms with van der Waals surface area (Å²) in [5.74, 6) is 0. The van der Waals surface area contributed by atoms with Crippen molar-refractivity contribution in [2.24, 2.45) is 0 Å². The molecule has 0 aliphatic carbocycles. The van der Waals surface area contributed by atoms with Crippen LogP contribution >= 0.6 is 7.60 Å². The van der Waals surface area contributed by atoms with Gasteiger partial charge in [-0.25, -0.2) is 8.42 Å². The molecule has 2 aromatic rings. The molecule has 6 nitrogen and oxygen atoms in total. The van der Waals surface area contributed by atoms with E-state index in [1.54, 1.807) is 12.1 Å². The van der Waals surface area contributed by atoms with Crippen LogP contribution in [0.25, 0.3) is 11.1 Å². The van der Waals surface area contributed by atoms with Crippen LogP contribution in [0.1, 0.15) is 25.8 Å². The fraction of sp³-hybridized carbons (Fsp3) is 0.294. The van der Waals surface area contributed by atoms with Gasteiger partial charge >= 0.3 is 7.60 Å². The third-order valence-corrected chi connectivity index (χ3v) is 7.68. The third-order valence-electron chi connectivity index (χ3n) is 4.20. The summed E-state index contributed by atoms with van der Waals surface area (Å²) in [5, 5.41) is -1.85. The molecule has 0 bridgehead atoms. The SMILES string of the molecule is CCC(C)(NS(=O)(=O)c1ccc(-c2cccc(C)c2)cc1)P(=O)(O)O. The minimum absolute atomic E-state index is 0.0438. The van der Waals surface area contributed by atoms with Gasteiger partial charge in [0.1, 0.15) is 5.28 Å². The minimum atomic E-state index is -4.66. The van der Waals surface area contributed by atoms with Crippen LogP contribution in [-0.2, 0) is 14.6 Å². The second-order valence-electron chi connectivity index (χ2n) is 6.17. The lowest BCUT2D eigenvalue weighted by Gasteiger charge is -2.29. The Kier molecular flexibility index (Phi) is 5.56. The van der Waals surface area contributed by atoms with Crippen LogP contribution < -0.4 is 4.72 Å². The highest BCUT2D eigenvalue weighted by molar-refractivity contribution is 7.90. The quantitative estimate of drug-likeness (QED) is 0.665. The van der Waals surface area contributed by atoms with E-state index in [1.807, 2.05) is 31.2 Å². The maximum absolute atomic E-state index is 12.5. The molecule has 0 aliphatic rings. The normalized spacial score (nSPS) is 14.9. The van der Waals surface area contributed by atoms with Crippen molar-refractivity contribution < 1.29 is 22.8 Å². The van der Waals surface area contributed by atoms with Crippen molar-refractivity contribution in [3.63, 3.8) is 0 Å². The molecule has 8 heteroatoms. The largest absolute Gasteiger partial charge is 0.346 e. The van der Waals surface area contributed by atoms with E-state index in [2.05, 4.69) is 4.72 Å². The second-order valence-corrected chi connectivity index (χ2v) is 9.93. The molecule has 0 fully saturated rings. The fourth-order valence-corrected chi connectivity index (χ4v) is 4.92. The van der Waals surface area contributed by atoms with Gasteiger partial charge in [-0.1, -0.05) is 48.9 Å². The number of hydrogen-bond acceptors (Lipinski definition) is 3. The molecule has 1 unspecified atom stereocenters. The molecule has 3 N–H and O–H groups in total. The first kappa shape index (κ1) is 19.8. The Morgan fingerprint density at radius 3 is 2.16 bits per heavy atom. The molecule has 0 aliphatic heterocycles. The number of nitrogens with one attached hydrogen (secondary N) is 1. The molecule has 0 spiro atoms. The van der Waals surface area contributed by atoms with Crippen molar-refractivity contribution in [3.8, 4) is 11.1 Å². The van der Waals surface area contributed by atoms with Crippen LogP contribution in [0.3, 0.4) is 0 Å². The molecule has 1 atom stereocenters. The zero-order valence-electron chi connectivity index (χ0n) is 14.3. The van der Waals surface area contributed by atoms with Gasteiger partial charge in [-0.2, -0.15) is 4.72 Å². The molecular weight excluding hydrogens is 361 g/mol. The number of hydrogen-bond donors (Lipinski definition) is 3. The fourth-order valence-electron chi connectivity index (χ4n) is 2.34. The van der Waals surface area contributed by atoms with Crippen LogP contribution in [0.2, 0.25) is 0 Å². The van der Waals surface area contributed by atoms with E-state index >= 15 is 0 Å². The molecule has 0 heterocycles. The Bertz CT molecular complexity index is 905. The van der Waals surface area contributed by atoms with Gasteiger partial charge in [-0.05, 0) is 43.5 Å². The molecule has 0 saturated carbocycles. The lowest BCUT2D eigenvalue weighted by Crippen LogP contribution is -2.45. The van der Waals surface area contributed by atoms with E-state index in [4.69, 9.17) is 0 Å². The van der Waals surface area contributed by atoms with Gasteiger partial charge in [0.25, 0.3) is 0 Å². The molecule has 2 rings (SSSR count). The Hall–Kier alpha value is -1.50. The Morgan fingerprint density at radius 2 is 1.68 bits per heavy atom. The van der Waals surface area contributed by atoms with Gasteiger partial charge in [0, 0.05) is 0 Å². The van der Waals surface area contributed by atoms with Gasteiger partial charge in [0.2, 0.25) is 10.0 Å². The van der Waals surface area contributed by atoms with Crippen LogP contribution in [0.5, 0.6) is 0 Å². The van der Waals surface area contributed by atoms with Crippen molar-refractivity contribution in [1.82, 2.24) is 4.72 Å². The molecule has 0 aromatic heterocycles. The van der Waals surface area contributed by atoms with E-state index in [0.717, 1.165) is 16.7 Å². The number of aryl methyl sites for hydroxylation is 1. The summed E-state index contributed by atoms with van der Waals surface area (Å²) in [6.45, 7) is 4.69. The Labute approximate surface area is 148 Å². The van der Waals surface area contributed by atoms with Gasteiger partial charge in [0.15, 0.2) is 0 Å². The molecular formula is C17H22NO5PS. The highest BCUT2D eigenvalue weighted by Crippen LogP contribution is 2.51. The second kappa shape index (κ2) is 7.02. The maximum atomic E-state index is 12.5. The molecule has 2 aromatic carbocycles. The first-order valence-corrected chi connectivity index (χ1v) is 10.8. The van der Waals surface area contributed by atoms with Crippen LogP contribution in [0.4, 0.5) is 0 Å². The summed E-state index contributed by atoms with van der Waals surface area (Å²) >= 11 is 0. The first-order chi connectivity index (χ1) is 11.5. The summed E-state index contributed by atoms with van der Waals surface area (Å²) in [6, 6.07) is 14.0. The van der Waals surface area contributed by atoms with E-state index in [0.29, 0.717) is 0 Å². The average Bonchev–Trinajstić information content (AvgIpc) is 2.53. The van der Waals surface area contributed by atoms with Crippen molar-refractivity contribution in [1.29, 1.82) is 0 Å². The summed E-state index contributed by atoms with van der Waals surface area (Å²) in [6.07, 6.45) is -0.0438. The Balaban J connectivity index is 2.34. The number of rotatable bonds is 6. The van der Waals surface area contributed by atoms with Crippen LogP contribution in [0.15, 0.2) is 53.4 Å². The van der Waals surface area contributed by atoms with Gasteiger partial charge < -0.3 is 9.79 Å². The summed E-state index contributed by atoms with van der Waals surface area (Å²) < 4.78 is 38.8. The Morgan fingerprint density at radius 1 is 1.08 bits per heavy atom. The monoisotopic (exact) mass is 383 g/mol. The molecule has 0 radical (unpaired) electrons. The lowest BCUT2D eigenvalue weighted by molar-refractivity contribution is 0.318. The van der Waals surface area contributed by atoms with Gasteiger partial charge in [0.05, 0.1) is 4.90 Å². The number of benzene rings is 2. The highest BCUT2D eigenvalue weighted by atomic mass is 32.2. The van der Waals surface area contributed by atoms with Crippen molar-refractivity contribution in [2.45, 2.75) is 37.4 Å². The maximum Gasteiger partial charge on any atom is 0.346 e. The van der Waals surface area contributed by atoms with Gasteiger partial charge in [-0.3, -0.25) is 4.57 Å². The van der Waals surface area contributed by atoms with E-state index < -0.39 is 22.9 Å². The predicted octanol–water partition coefficient (Wildman–Crippen LogP) is 3.24. The third kappa shape index (κ3) is 4.37. The van der Waals surface area contributed by atoms with Crippen molar-refractivity contribution in [2.75, 3.05) is 0 Å². The van der Waals surface area contributed by atoms with Crippen LogP contribution in [-0.4, -0.2) is 23.5 Å².